The fourth-order valence-electron chi connectivity index (χ4n) is 7.05. The van der Waals surface area contributed by atoms with Crippen molar-refractivity contribution >= 4 is 59.8 Å². The van der Waals surface area contributed by atoms with Crippen LogP contribution < -0.4 is 15.4 Å². The summed E-state index contributed by atoms with van der Waals surface area (Å²) in [5.41, 5.74) is -4.88. The SMILES string of the molecule is C=C1C(C)C(C(=N)C(F)F)=C(NCC(=O)NC(Cc2cc(F)cc(F)c2)c2nc(C#CC(C)(C)S(C)(=O)=O)ccc2-c2ccc(Cl)c3c(NS(=O)(=O)C4CC4)nn(CC(F)F)c23)C1(F)F. The van der Waals surface area contributed by atoms with Crippen LogP contribution in [0.5, 0.6) is 0 Å². The monoisotopic (exact) mass is 973 g/mol. The Morgan fingerprint density at radius 2 is 1.68 bits per heavy atom. The second-order valence-corrected chi connectivity index (χ2v) is 21.0. The van der Waals surface area contributed by atoms with E-state index in [0.717, 1.165) is 30.0 Å². The van der Waals surface area contributed by atoms with Crippen molar-refractivity contribution in [3.05, 3.63) is 99.5 Å². The molecule has 2 aromatic heterocycles. The maximum atomic E-state index is 15.5. The quantitative estimate of drug-likeness (QED) is 0.0382. The van der Waals surface area contributed by atoms with Crippen LogP contribution in [0.4, 0.5) is 40.9 Å². The molecule has 2 aliphatic carbocycles. The molecule has 12 nitrogen and oxygen atoms in total. The summed E-state index contributed by atoms with van der Waals surface area (Å²) in [6.45, 7) is 4.91. The summed E-state index contributed by atoms with van der Waals surface area (Å²) in [5, 5.41) is 15.7. The third-order valence-electron chi connectivity index (χ3n) is 10.9. The first-order chi connectivity index (χ1) is 30.1. The van der Waals surface area contributed by atoms with Gasteiger partial charge in [0.05, 0.1) is 45.2 Å². The highest BCUT2D eigenvalue weighted by molar-refractivity contribution is 7.93. The van der Waals surface area contributed by atoms with E-state index in [2.05, 4.69) is 43.9 Å². The van der Waals surface area contributed by atoms with Crippen molar-refractivity contribution in [3.63, 3.8) is 0 Å². The van der Waals surface area contributed by atoms with Crippen LogP contribution in [-0.4, -0.2) is 84.8 Å². The van der Waals surface area contributed by atoms with Gasteiger partial charge in [-0.15, -0.1) is 0 Å². The highest BCUT2D eigenvalue weighted by Crippen LogP contribution is 2.47. The average Bonchev–Trinajstić information content (AvgIpc) is 3.98. The Balaban J connectivity index is 1.56. The number of sulfone groups is 1. The van der Waals surface area contributed by atoms with Gasteiger partial charge >= 0.3 is 5.92 Å². The minimum atomic E-state index is -4.05. The van der Waals surface area contributed by atoms with E-state index in [1.54, 1.807) is 0 Å². The normalized spacial score (nSPS) is 17.1. The molecule has 6 rings (SSSR count). The lowest BCUT2D eigenvalue weighted by Crippen LogP contribution is -2.40. The maximum Gasteiger partial charge on any atom is 0.309 e. The predicted octanol–water partition coefficient (Wildman–Crippen LogP) is 7.74. The Bertz CT molecular complexity index is 2930. The number of fused-ring (bicyclic) bond motifs is 1. The number of hydrogen-bond acceptors (Lipinski definition) is 9. The number of pyridine rings is 1. The number of amides is 1. The zero-order chi connectivity index (χ0) is 48.1. The first-order valence-electron chi connectivity index (χ1n) is 19.5. The lowest BCUT2D eigenvalue weighted by molar-refractivity contribution is -0.121. The zero-order valence-electron chi connectivity index (χ0n) is 34.8. The van der Waals surface area contributed by atoms with Gasteiger partial charge in [0.15, 0.2) is 15.7 Å². The lowest BCUT2D eigenvalue weighted by atomic mass is 9.93. The van der Waals surface area contributed by atoms with Crippen LogP contribution in [0.2, 0.25) is 5.02 Å². The number of aromatic nitrogens is 3. The summed E-state index contributed by atoms with van der Waals surface area (Å²) in [4.78, 5) is 18.5. The largest absolute Gasteiger partial charge is 0.374 e. The van der Waals surface area contributed by atoms with Crippen LogP contribution in [-0.2, 0) is 37.6 Å². The van der Waals surface area contributed by atoms with Gasteiger partial charge in [-0.2, -0.15) is 13.9 Å². The topological polar surface area (TPSA) is 176 Å². The summed E-state index contributed by atoms with van der Waals surface area (Å²) in [5.74, 6) is -3.75. The highest BCUT2D eigenvalue weighted by Gasteiger charge is 2.51. The van der Waals surface area contributed by atoms with Gasteiger partial charge in [-0.05, 0) is 74.9 Å². The summed E-state index contributed by atoms with van der Waals surface area (Å²) >= 11 is 6.61. The first kappa shape index (κ1) is 48.9. The van der Waals surface area contributed by atoms with Crippen LogP contribution in [0.3, 0.4) is 0 Å². The molecule has 348 valence electrons. The van der Waals surface area contributed by atoms with Gasteiger partial charge in [0.25, 0.3) is 12.9 Å². The Kier molecular flexibility index (Phi) is 13.6. The molecule has 4 aromatic rings. The minimum absolute atomic E-state index is 0.00546. The van der Waals surface area contributed by atoms with Gasteiger partial charge in [0.1, 0.15) is 34.3 Å². The van der Waals surface area contributed by atoms with Crippen LogP contribution in [0, 0.1) is 34.8 Å². The fourth-order valence-corrected chi connectivity index (χ4v) is 8.87. The maximum absolute atomic E-state index is 15.5. The Morgan fingerprint density at radius 3 is 2.26 bits per heavy atom. The molecule has 4 N–H and O–H groups in total. The number of nitrogens with one attached hydrogen (secondary N) is 4. The number of nitrogens with zero attached hydrogens (tertiary/aromatic N) is 3. The van der Waals surface area contributed by atoms with Crippen molar-refractivity contribution in [3.8, 4) is 23.0 Å². The number of hydrogen-bond donors (Lipinski definition) is 4. The molecule has 0 radical (unpaired) electrons. The third kappa shape index (κ3) is 10.3. The van der Waals surface area contributed by atoms with Crippen molar-refractivity contribution in [2.75, 3.05) is 17.5 Å². The molecule has 65 heavy (non-hydrogen) atoms. The Hall–Kier alpha value is -5.53. The lowest BCUT2D eigenvalue weighted by Gasteiger charge is -2.24. The van der Waals surface area contributed by atoms with Crippen LogP contribution >= 0.6 is 11.6 Å². The second kappa shape index (κ2) is 18.0. The Labute approximate surface area is 373 Å². The van der Waals surface area contributed by atoms with Crippen molar-refractivity contribution in [1.82, 2.24) is 25.4 Å². The number of sulfonamides is 1. The second-order valence-electron chi connectivity index (χ2n) is 16.0. The smallest absolute Gasteiger partial charge is 0.309 e. The molecule has 2 aliphatic rings. The molecule has 1 fully saturated rings. The van der Waals surface area contributed by atoms with Gasteiger partial charge in [-0.1, -0.05) is 37.1 Å². The van der Waals surface area contributed by atoms with E-state index in [0.29, 0.717) is 18.9 Å². The molecular weight excluding hydrogens is 934 g/mol. The van der Waals surface area contributed by atoms with E-state index in [-0.39, 0.29) is 49.8 Å². The molecule has 0 aliphatic heterocycles. The standard InChI is InChI=1S/C42H40ClF8N7O5S2/c1-20-21(2)42(50,51)38(33(20)35(52)39(48)49)53-18-32(59)55-30(16-22-14-23(44)17-24(45)15-22)36-27(9-6-25(54-36)12-13-41(3,4)64(5,60)61)28-10-11-29(43)34-37(28)58(19-31(46)47)56-40(34)57-65(62,63)26-7-8-26/h6,9-11,14-15,17,20,26,30-31,39,52-53H,2,7-8,16,18-19H2,1,3-5H3,(H,55,59)(H,56,57). The van der Waals surface area contributed by atoms with Gasteiger partial charge < -0.3 is 10.6 Å². The molecule has 0 saturated heterocycles. The number of rotatable bonds is 16. The number of anilines is 1. The van der Waals surface area contributed by atoms with Gasteiger partial charge in [-0.25, -0.2) is 48.2 Å². The molecule has 2 atom stereocenters. The molecule has 2 unspecified atom stereocenters. The van der Waals surface area contributed by atoms with Crippen LogP contribution in [0.25, 0.3) is 22.0 Å². The zero-order valence-corrected chi connectivity index (χ0v) is 37.2. The first-order valence-corrected chi connectivity index (χ1v) is 23.3. The number of benzene rings is 2. The van der Waals surface area contributed by atoms with Crippen LogP contribution in [0.1, 0.15) is 56.6 Å². The summed E-state index contributed by atoms with van der Waals surface area (Å²) < 4.78 is 169. The summed E-state index contributed by atoms with van der Waals surface area (Å²) in [7, 11) is -7.85. The molecule has 1 amide bonds. The van der Waals surface area contributed by atoms with E-state index < -0.39 is 120 Å². The van der Waals surface area contributed by atoms with E-state index in [9.17, 15) is 48.0 Å². The van der Waals surface area contributed by atoms with Crippen molar-refractivity contribution in [2.45, 2.75) is 81.4 Å². The van der Waals surface area contributed by atoms with E-state index >= 15 is 8.78 Å². The minimum Gasteiger partial charge on any atom is -0.374 e. The highest BCUT2D eigenvalue weighted by atomic mass is 35.5. The summed E-state index contributed by atoms with van der Waals surface area (Å²) in [6, 6.07) is 6.12. The number of allylic oxidation sites excluding steroid dienone is 2. The van der Waals surface area contributed by atoms with E-state index in [1.807, 2.05) is 0 Å². The Morgan fingerprint density at radius 1 is 1.05 bits per heavy atom. The molecular formula is C42H40ClF8N7O5S2. The van der Waals surface area contributed by atoms with Crippen molar-refractivity contribution < 1.29 is 56.8 Å². The number of carbonyl (C=O) groups excluding carboxylic acids is 1. The third-order valence-corrected chi connectivity index (χ3v) is 15.0. The van der Waals surface area contributed by atoms with E-state index in [1.165, 1.54) is 38.1 Å². The molecule has 23 heteroatoms. The van der Waals surface area contributed by atoms with Gasteiger partial charge in [0.2, 0.25) is 15.9 Å². The molecule has 2 heterocycles. The number of alkyl halides is 6. The molecule has 0 spiro atoms. The number of halogens is 9. The molecule has 2 aromatic carbocycles. The number of carbonyl (C=O) groups is 1. The van der Waals surface area contributed by atoms with Gasteiger partial charge in [-0.3, -0.25) is 19.6 Å². The molecule has 1 saturated carbocycles. The summed E-state index contributed by atoms with van der Waals surface area (Å²) in [6.07, 6.45) is -5.43. The van der Waals surface area contributed by atoms with E-state index in [4.69, 9.17) is 17.0 Å². The fraction of sp³-hybridized carbons (Fsp3) is 0.381. The van der Waals surface area contributed by atoms with Crippen molar-refractivity contribution in [1.29, 1.82) is 5.41 Å². The average molecular weight is 974 g/mol. The van der Waals surface area contributed by atoms with Gasteiger partial charge in [0, 0.05) is 40.5 Å². The predicted molar refractivity (Wildman–Crippen MR) is 228 cm³/mol. The van der Waals surface area contributed by atoms with Crippen LogP contribution in [0.15, 0.2) is 65.9 Å². The van der Waals surface area contributed by atoms with Crippen molar-refractivity contribution in [2.24, 2.45) is 5.92 Å². The molecule has 0 bridgehead atoms.